The minimum Gasteiger partial charge on any atom is -0.487 e. The fraction of sp³-hybridized carbons (Fsp3) is 0.500. The van der Waals surface area contributed by atoms with Gasteiger partial charge in [0.15, 0.2) is 5.75 Å². The molecular weight excluding hydrogens is 294 g/mol. The third-order valence-electron chi connectivity index (χ3n) is 3.42. The summed E-state index contributed by atoms with van der Waals surface area (Å²) in [4.78, 5) is 10.4. The molecule has 0 aliphatic rings. The van der Waals surface area contributed by atoms with Crippen molar-refractivity contribution in [1.29, 1.82) is 5.26 Å². The molecule has 0 aliphatic heterocycles. The van der Waals surface area contributed by atoms with Crippen LogP contribution in [0.1, 0.15) is 26.2 Å². The summed E-state index contributed by atoms with van der Waals surface area (Å²) in [5, 5.41) is 23.5. The van der Waals surface area contributed by atoms with Crippen LogP contribution in [0.15, 0.2) is 18.2 Å². The summed E-state index contributed by atoms with van der Waals surface area (Å²) < 4.78 is 5.44. The van der Waals surface area contributed by atoms with Gasteiger partial charge in [-0.2, -0.15) is 5.26 Å². The van der Waals surface area contributed by atoms with E-state index in [0.717, 1.165) is 0 Å². The van der Waals surface area contributed by atoms with Gasteiger partial charge in [-0.1, -0.05) is 18.5 Å². The fourth-order valence-electron chi connectivity index (χ4n) is 1.98. The van der Waals surface area contributed by atoms with Crippen molar-refractivity contribution < 1.29 is 9.66 Å². The van der Waals surface area contributed by atoms with Crippen LogP contribution in [0.5, 0.6) is 5.75 Å². The van der Waals surface area contributed by atoms with Crippen molar-refractivity contribution in [2.75, 3.05) is 13.7 Å². The summed E-state index contributed by atoms with van der Waals surface area (Å²) in [6, 6.07) is 6.45. The van der Waals surface area contributed by atoms with Gasteiger partial charge >= 0.3 is 5.69 Å². The third-order valence-corrected chi connectivity index (χ3v) is 3.66. The van der Waals surface area contributed by atoms with E-state index in [2.05, 4.69) is 11.4 Å². The van der Waals surface area contributed by atoms with E-state index in [9.17, 15) is 15.4 Å². The van der Waals surface area contributed by atoms with Gasteiger partial charge < -0.3 is 10.1 Å². The SMILES string of the molecule is CCC(C#N)(CCCOc1cc(Cl)ccc1[N+](=O)[O-])NC. The molecule has 0 saturated carbocycles. The molecule has 1 aromatic carbocycles. The van der Waals surface area contributed by atoms with Crippen LogP contribution in [0.2, 0.25) is 5.02 Å². The van der Waals surface area contributed by atoms with Crippen LogP contribution in [0.3, 0.4) is 0 Å². The van der Waals surface area contributed by atoms with Crippen molar-refractivity contribution in [1.82, 2.24) is 5.32 Å². The van der Waals surface area contributed by atoms with Gasteiger partial charge in [-0.3, -0.25) is 10.1 Å². The second kappa shape index (κ2) is 7.81. The normalized spacial score (nSPS) is 13.2. The lowest BCUT2D eigenvalue weighted by Gasteiger charge is -2.24. The Morgan fingerprint density at radius 2 is 2.29 bits per heavy atom. The zero-order valence-electron chi connectivity index (χ0n) is 12.1. The average molecular weight is 312 g/mol. The number of nitrogens with one attached hydrogen (secondary N) is 1. The Morgan fingerprint density at radius 1 is 1.57 bits per heavy atom. The molecular formula is C14H18ClN3O3. The number of benzene rings is 1. The van der Waals surface area contributed by atoms with Crippen LogP contribution in [0, 0.1) is 21.4 Å². The Morgan fingerprint density at radius 3 is 2.81 bits per heavy atom. The van der Waals surface area contributed by atoms with Crippen LogP contribution in [-0.4, -0.2) is 24.1 Å². The molecule has 0 aliphatic carbocycles. The fourth-order valence-corrected chi connectivity index (χ4v) is 2.14. The number of ether oxygens (including phenoxy) is 1. The summed E-state index contributed by atoms with van der Waals surface area (Å²) >= 11 is 5.82. The Labute approximate surface area is 128 Å². The third kappa shape index (κ3) is 4.59. The van der Waals surface area contributed by atoms with E-state index in [1.165, 1.54) is 18.2 Å². The minimum atomic E-state index is -0.580. The Bertz CT molecular complexity index is 539. The summed E-state index contributed by atoms with van der Waals surface area (Å²) in [5.41, 5.74) is -0.695. The van der Waals surface area contributed by atoms with Gasteiger partial charge in [-0.25, -0.2) is 0 Å². The second-order valence-electron chi connectivity index (χ2n) is 4.62. The van der Waals surface area contributed by atoms with Crippen molar-refractivity contribution in [2.24, 2.45) is 0 Å². The van der Waals surface area contributed by atoms with Crippen molar-refractivity contribution in [3.63, 3.8) is 0 Å². The highest BCUT2D eigenvalue weighted by Gasteiger charge is 2.25. The second-order valence-corrected chi connectivity index (χ2v) is 5.06. The van der Waals surface area contributed by atoms with Crippen LogP contribution in [-0.2, 0) is 0 Å². The lowest BCUT2D eigenvalue weighted by Crippen LogP contribution is -2.41. The number of nitro benzene ring substituents is 1. The van der Waals surface area contributed by atoms with Crippen LogP contribution in [0.4, 0.5) is 5.69 Å². The summed E-state index contributed by atoms with van der Waals surface area (Å²) in [7, 11) is 1.75. The van der Waals surface area contributed by atoms with Crippen LogP contribution >= 0.6 is 11.6 Å². The Kier molecular flexibility index (Phi) is 6.40. The number of nitrogens with zero attached hydrogens (tertiary/aromatic N) is 2. The van der Waals surface area contributed by atoms with E-state index in [0.29, 0.717) is 24.3 Å². The Balaban J connectivity index is 2.63. The van der Waals surface area contributed by atoms with Crippen molar-refractivity contribution in [3.8, 4) is 11.8 Å². The molecule has 0 fully saturated rings. The first-order chi connectivity index (χ1) is 9.98. The first kappa shape index (κ1) is 17.2. The van der Waals surface area contributed by atoms with E-state index in [4.69, 9.17) is 16.3 Å². The number of rotatable bonds is 8. The molecule has 0 radical (unpaired) electrons. The van der Waals surface area contributed by atoms with E-state index < -0.39 is 10.5 Å². The molecule has 1 unspecified atom stereocenters. The van der Waals surface area contributed by atoms with E-state index >= 15 is 0 Å². The predicted octanol–water partition coefficient (Wildman–Crippen LogP) is 3.30. The molecule has 6 nitrogen and oxygen atoms in total. The monoisotopic (exact) mass is 311 g/mol. The van der Waals surface area contributed by atoms with Gasteiger partial charge in [-0.05, 0) is 32.4 Å². The first-order valence-corrected chi connectivity index (χ1v) is 7.02. The molecule has 1 aromatic rings. The predicted molar refractivity (Wildman–Crippen MR) is 80.5 cm³/mol. The maximum Gasteiger partial charge on any atom is 0.311 e. The van der Waals surface area contributed by atoms with Gasteiger partial charge in [0.25, 0.3) is 0 Å². The van der Waals surface area contributed by atoms with E-state index in [1.54, 1.807) is 7.05 Å². The van der Waals surface area contributed by atoms with E-state index in [1.807, 2.05) is 6.92 Å². The first-order valence-electron chi connectivity index (χ1n) is 6.65. The van der Waals surface area contributed by atoms with E-state index in [-0.39, 0.29) is 18.0 Å². The molecule has 1 rings (SSSR count). The zero-order chi connectivity index (χ0) is 15.9. The maximum atomic E-state index is 10.9. The maximum absolute atomic E-state index is 10.9. The molecule has 0 spiro atoms. The summed E-state index contributed by atoms with van der Waals surface area (Å²) in [6.07, 6.45) is 1.88. The number of hydrogen-bond donors (Lipinski definition) is 1. The van der Waals surface area contributed by atoms with Gasteiger partial charge in [0.05, 0.1) is 17.6 Å². The molecule has 114 valence electrons. The number of nitriles is 1. The molecule has 0 amide bonds. The highest BCUT2D eigenvalue weighted by Crippen LogP contribution is 2.30. The topological polar surface area (TPSA) is 88.2 Å². The van der Waals surface area contributed by atoms with Crippen molar-refractivity contribution in [3.05, 3.63) is 33.3 Å². The van der Waals surface area contributed by atoms with Crippen LogP contribution < -0.4 is 10.1 Å². The minimum absolute atomic E-state index is 0.116. The molecule has 0 aromatic heterocycles. The molecule has 0 bridgehead atoms. The van der Waals surface area contributed by atoms with Gasteiger partial charge in [0, 0.05) is 17.2 Å². The molecule has 0 heterocycles. The number of nitro groups is 1. The standard InChI is InChI=1S/C14H18ClN3O3/c1-3-14(10-16,17-2)7-4-8-21-13-9-11(15)5-6-12(13)18(19)20/h5-6,9,17H,3-4,7-8H2,1-2H3. The lowest BCUT2D eigenvalue weighted by atomic mass is 9.92. The smallest absolute Gasteiger partial charge is 0.311 e. The van der Waals surface area contributed by atoms with Gasteiger partial charge in [-0.15, -0.1) is 0 Å². The number of hydrogen-bond acceptors (Lipinski definition) is 5. The van der Waals surface area contributed by atoms with Gasteiger partial charge in [0.2, 0.25) is 0 Å². The largest absolute Gasteiger partial charge is 0.487 e. The lowest BCUT2D eigenvalue weighted by molar-refractivity contribution is -0.385. The Hall–Kier alpha value is -1.84. The molecule has 21 heavy (non-hydrogen) atoms. The summed E-state index contributed by atoms with van der Waals surface area (Å²) in [5.74, 6) is 0.149. The average Bonchev–Trinajstić information content (AvgIpc) is 2.48. The van der Waals surface area contributed by atoms with Crippen molar-refractivity contribution >= 4 is 17.3 Å². The summed E-state index contributed by atoms with van der Waals surface area (Å²) in [6.45, 7) is 2.22. The van der Waals surface area contributed by atoms with Crippen molar-refractivity contribution in [2.45, 2.75) is 31.7 Å². The highest BCUT2D eigenvalue weighted by atomic mass is 35.5. The van der Waals surface area contributed by atoms with Crippen LogP contribution in [0.25, 0.3) is 0 Å². The molecule has 1 atom stereocenters. The highest BCUT2D eigenvalue weighted by molar-refractivity contribution is 6.30. The molecule has 1 N–H and O–H groups in total. The van der Waals surface area contributed by atoms with Gasteiger partial charge in [0.1, 0.15) is 5.54 Å². The molecule has 7 heteroatoms. The zero-order valence-corrected chi connectivity index (χ0v) is 12.8. The number of halogens is 1. The molecule has 0 saturated heterocycles. The quantitative estimate of drug-likeness (QED) is 0.452.